The third-order valence-corrected chi connectivity index (χ3v) is 9.53. The predicted octanol–water partition coefficient (Wildman–Crippen LogP) is 7.00. The fraction of sp³-hybridized carbons (Fsp3) is 0.923. The summed E-state index contributed by atoms with van der Waals surface area (Å²) in [5, 5.41) is 10.1. The Balaban J connectivity index is 1.48. The van der Waals surface area contributed by atoms with Gasteiger partial charge in [0, 0.05) is 0 Å². The first kappa shape index (κ1) is 20.0. The highest BCUT2D eigenvalue weighted by atomic mass is 16.3. The number of allylic oxidation sites excluding steroid dienone is 1. The minimum atomic E-state index is -0.0579. The van der Waals surface area contributed by atoms with Crippen molar-refractivity contribution in [3.05, 3.63) is 11.6 Å². The standard InChI is InChI=1S/C26H44O/c1-17(12-14-25(2,3)4)23-10-11-24-22-8-6-18-16-19(27)7-9-20(18)21(22)13-15-26(23,24)5/h6,17,19-24,27H,7-16H2,1-5H3/t17?,19-,20-,21?,22?,23+,24?,26+/m0/s1. The van der Waals surface area contributed by atoms with Crippen LogP contribution in [-0.4, -0.2) is 11.2 Å². The minimum Gasteiger partial charge on any atom is -0.393 e. The Kier molecular flexibility index (Phi) is 5.32. The van der Waals surface area contributed by atoms with Gasteiger partial charge in [0.15, 0.2) is 0 Å². The summed E-state index contributed by atoms with van der Waals surface area (Å²) in [6.45, 7) is 12.5. The summed E-state index contributed by atoms with van der Waals surface area (Å²) in [5.41, 5.74) is 2.70. The number of rotatable bonds is 3. The van der Waals surface area contributed by atoms with Crippen LogP contribution in [0.3, 0.4) is 0 Å². The highest BCUT2D eigenvalue weighted by molar-refractivity contribution is 5.20. The van der Waals surface area contributed by atoms with Crippen LogP contribution in [0.4, 0.5) is 0 Å². The molecule has 0 spiro atoms. The van der Waals surface area contributed by atoms with E-state index in [0.29, 0.717) is 10.8 Å². The van der Waals surface area contributed by atoms with Crippen molar-refractivity contribution in [2.24, 2.45) is 46.3 Å². The summed E-state index contributed by atoms with van der Waals surface area (Å²) in [6.07, 6.45) is 15.8. The van der Waals surface area contributed by atoms with Crippen LogP contribution in [0.2, 0.25) is 0 Å². The zero-order valence-corrected chi connectivity index (χ0v) is 18.6. The summed E-state index contributed by atoms with van der Waals surface area (Å²) < 4.78 is 0. The van der Waals surface area contributed by atoms with E-state index in [-0.39, 0.29) is 6.10 Å². The molecule has 4 aliphatic rings. The van der Waals surface area contributed by atoms with Gasteiger partial charge in [-0.05, 0) is 111 Å². The highest BCUT2D eigenvalue weighted by Crippen LogP contribution is 2.64. The maximum atomic E-state index is 10.1. The number of hydrogen-bond acceptors (Lipinski definition) is 1. The van der Waals surface area contributed by atoms with Crippen molar-refractivity contribution in [2.75, 3.05) is 0 Å². The van der Waals surface area contributed by atoms with Gasteiger partial charge in [0.05, 0.1) is 6.10 Å². The zero-order valence-electron chi connectivity index (χ0n) is 18.6. The summed E-state index contributed by atoms with van der Waals surface area (Å²) in [7, 11) is 0. The van der Waals surface area contributed by atoms with Crippen molar-refractivity contribution in [2.45, 2.75) is 105 Å². The van der Waals surface area contributed by atoms with Crippen molar-refractivity contribution in [1.82, 2.24) is 0 Å². The largest absolute Gasteiger partial charge is 0.393 e. The van der Waals surface area contributed by atoms with Gasteiger partial charge in [-0.1, -0.05) is 46.3 Å². The summed E-state index contributed by atoms with van der Waals surface area (Å²) >= 11 is 0. The normalized spacial score (nSPS) is 45.5. The lowest BCUT2D eigenvalue weighted by Gasteiger charge is -2.54. The molecule has 0 aromatic heterocycles. The second-order valence-electron chi connectivity index (χ2n) is 12.3. The molecule has 4 rings (SSSR count). The molecule has 0 aromatic carbocycles. The van der Waals surface area contributed by atoms with Crippen LogP contribution < -0.4 is 0 Å². The van der Waals surface area contributed by atoms with Gasteiger partial charge >= 0.3 is 0 Å². The van der Waals surface area contributed by atoms with Crippen LogP contribution in [0.25, 0.3) is 0 Å². The van der Waals surface area contributed by atoms with Crippen LogP contribution in [-0.2, 0) is 0 Å². The Hall–Kier alpha value is -0.300. The van der Waals surface area contributed by atoms with E-state index in [1.54, 1.807) is 5.57 Å². The molecule has 154 valence electrons. The molecular formula is C26H44O. The summed E-state index contributed by atoms with van der Waals surface area (Å²) in [6, 6.07) is 0. The second kappa shape index (κ2) is 7.19. The molecule has 0 saturated heterocycles. The topological polar surface area (TPSA) is 20.2 Å². The van der Waals surface area contributed by atoms with Gasteiger partial charge in [-0.3, -0.25) is 0 Å². The molecule has 1 heteroatoms. The quantitative estimate of drug-likeness (QED) is 0.529. The van der Waals surface area contributed by atoms with Crippen molar-refractivity contribution in [1.29, 1.82) is 0 Å². The van der Waals surface area contributed by atoms with E-state index in [2.05, 4.69) is 40.7 Å². The Morgan fingerprint density at radius 1 is 1.11 bits per heavy atom. The second-order valence-corrected chi connectivity index (χ2v) is 12.3. The van der Waals surface area contributed by atoms with Gasteiger partial charge in [-0.2, -0.15) is 0 Å². The average Bonchev–Trinajstić information content (AvgIpc) is 2.96. The third kappa shape index (κ3) is 3.67. The fourth-order valence-corrected chi connectivity index (χ4v) is 8.09. The van der Waals surface area contributed by atoms with Crippen LogP contribution >= 0.6 is 0 Å². The lowest BCUT2D eigenvalue weighted by atomic mass is 9.51. The van der Waals surface area contributed by atoms with Gasteiger partial charge in [0.2, 0.25) is 0 Å². The predicted molar refractivity (Wildman–Crippen MR) is 114 cm³/mol. The van der Waals surface area contributed by atoms with Gasteiger partial charge < -0.3 is 5.11 Å². The Morgan fingerprint density at radius 3 is 2.63 bits per heavy atom. The molecule has 1 N–H and O–H groups in total. The molecule has 27 heavy (non-hydrogen) atoms. The van der Waals surface area contributed by atoms with Crippen molar-refractivity contribution in [3.8, 4) is 0 Å². The maximum absolute atomic E-state index is 10.1. The van der Waals surface area contributed by atoms with E-state index >= 15 is 0 Å². The van der Waals surface area contributed by atoms with Crippen LogP contribution in [0.5, 0.6) is 0 Å². The number of hydrogen-bond donors (Lipinski definition) is 1. The van der Waals surface area contributed by atoms with Crippen molar-refractivity contribution in [3.63, 3.8) is 0 Å². The van der Waals surface area contributed by atoms with Crippen molar-refractivity contribution >= 4 is 0 Å². The van der Waals surface area contributed by atoms with Gasteiger partial charge in [-0.25, -0.2) is 0 Å². The lowest BCUT2D eigenvalue weighted by molar-refractivity contribution is -0.0300. The SMILES string of the molecule is CC(CCC(C)(C)C)[C@H]1CCC2C3CC=C4C[C@@H](O)CC[C@@H]4C3CC[C@@]21C. The third-order valence-electron chi connectivity index (χ3n) is 9.53. The number of aliphatic hydroxyl groups is 1. The molecule has 0 aliphatic heterocycles. The number of aliphatic hydroxyl groups excluding tert-OH is 1. The molecule has 0 radical (unpaired) electrons. The molecule has 3 fully saturated rings. The zero-order chi connectivity index (χ0) is 19.4. The Bertz CT molecular complexity index is 569. The van der Waals surface area contributed by atoms with E-state index in [9.17, 15) is 5.11 Å². The monoisotopic (exact) mass is 372 g/mol. The Labute approximate surface area is 168 Å². The molecule has 8 atom stereocenters. The average molecular weight is 373 g/mol. The maximum Gasteiger partial charge on any atom is 0.0577 e. The molecule has 0 aromatic rings. The molecule has 0 bridgehead atoms. The first-order valence-electron chi connectivity index (χ1n) is 12.1. The van der Waals surface area contributed by atoms with Crippen molar-refractivity contribution < 1.29 is 5.11 Å². The molecule has 1 nitrogen and oxygen atoms in total. The summed E-state index contributed by atoms with van der Waals surface area (Å²) in [5.74, 6) is 5.48. The van der Waals surface area contributed by atoms with E-state index in [1.807, 2.05) is 0 Å². The smallest absolute Gasteiger partial charge is 0.0577 e. The first-order valence-corrected chi connectivity index (χ1v) is 12.1. The van der Waals surface area contributed by atoms with Crippen LogP contribution in [0.1, 0.15) is 98.8 Å². The van der Waals surface area contributed by atoms with Gasteiger partial charge in [0.25, 0.3) is 0 Å². The molecule has 4 unspecified atom stereocenters. The summed E-state index contributed by atoms with van der Waals surface area (Å²) in [4.78, 5) is 0. The molecule has 0 heterocycles. The van der Waals surface area contributed by atoms with Crippen LogP contribution in [0, 0.1) is 46.3 Å². The van der Waals surface area contributed by atoms with E-state index < -0.39 is 0 Å². The van der Waals surface area contributed by atoms with Gasteiger partial charge in [-0.15, -0.1) is 0 Å². The number of fused-ring (bicyclic) bond motifs is 5. The van der Waals surface area contributed by atoms with E-state index in [1.165, 1.54) is 51.4 Å². The molecule has 0 amide bonds. The molecule has 4 aliphatic carbocycles. The Morgan fingerprint density at radius 2 is 1.89 bits per heavy atom. The highest BCUT2D eigenvalue weighted by Gasteiger charge is 2.56. The molecule has 3 saturated carbocycles. The first-order chi connectivity index (χ1) is 12.7. The molecular weight excluding hydrogens is 328 g/mol. The fourth-order valence-electron chi connectivity index (χ4n) is 8.09. The van der Waals surface area contributed by atoms with Crippen LogP contribution in [0.15, 0.2) is 11.6 Å². The van der Waals surface area contributed by atoms with E-state index in [4.69, 9.17) is 0 Å². The van der Waals surface area contributed by atoms with E-state index in [0.717, 1.165) is 48.3 Å². The minimum absolute atomic E-state index is 0.0579. The van der Waals surface area contributed by atoms with Gasteiger partial charge in [0.1, 0.15) is 0 Å². The lowest BCUT2D eigenvalue weighted by Crippen LogP contribution is -2.47.